The molecule has 0 amide bonds. The molecule has 1 heterocycles. The van der Waals surface area contributed by atoms with Crippen molar-refractivity contribution in [3.8, 4) is 0 Å². The zero-order valence-corrected chi connectivity index (χ0v) is 12.5. The molecule has 0 bridgehead atoms. The molecule has 19 heavy (non-hydrogen) atoms. The molecule has 2 N–H and O–H groups in total. The van der Waals surface area contributed by atoms with Gasteiger partial charge in [0.1, 0.15) is 0 Å². The van der Waals surface area contributed by atoms with E-state index in [0.29, 0.717) is 12.2 Å². The van der Waals surface area contributed by atoms with Crippen molar-refractivity contribution in [2.45, 2.75) is 19.9 Å². The van der Waals surface area contributed by atoms with Crippen LogP contribution in [0.3, 0.4) is 0 Å². The van der Waals surface area contributed by atoms with Crippen LogP contribution in [0.1, 0.15) is 13.8 Å². The van der Waals surface area contributed by atoms with Crippen LogP contribution >= 0.6 is 11.3 Å². The van der Waals surface area contributed by atoms with Gasteiger partial charge in [-0.2, -0.15) is 0 Å². The van der Waals surface area contributed by atoms with E-state index in [1.807, 2.05) is 19.9 Å². The monoisotopic (exact) mass is 299 g/mol. The van der Waals surface area contributed by atoms with Crippen LogP contribution in [-0.4, -0.2) is 31.7 Å². The summed E-state index contributed by atoms with van der Waals surface area (Å²) in [4.78, 5) is 4.16. The van der Waals surface area contributed by atoms with E-state index in [-0.39, 0.29) is 11.8 Å². The molecule has 1 aromatic heterocycles. The number of benzene rings is 1. The van der Waals surface area contributed by atoms with E-state index < -0.39 is 10.0 Å². The van der Waals surface area contributed by atoms with Gasteiger partial charge in [0, 0.05) is 12.6 Å². The number of thiazole rings is 1. The molecular weight excluding hydrogens is 282 g/mol. The highest BCUT2D eigenvalue weighted by atomic mass is 32.2. The third kappa shape index (κ3) is 4.15. The normalized spacial score (nSPS) is 12.2. The second-order valence-corrected chi connectivity index (χ2v) is 7.29. The Morgan fingerprint density at radius 2 is 2.16 bits per heavy atom. The Hall–Kier alpha value is -1.18. The number of hydrogen-bond acceptors (Lipinski definition) is 5. The number of sulfonamides is 1. The van der Waals surface area contributed by atoms with Gasteiger partial charge in [-0.15, -0.1) is 11.3 Å². The molecule has 0 saturated carbocycles. The first-order valence-electron chi connectivity index (χ1n) is 6.03. The van der Waals surface area contributed by atoms with Crippen molar-refractivity contribution in [3.63, 3.8) is 0 Å². The van der Waals surface area contributed by atoms with Crippen LogP contribution < -0.4 is 10.0 Å². The molecule has 5 nitrogen and oxygen atoms in total. The Morgan fingerprint density at radius 3 is 2.89 bits per heavy atom. The molecule has 2 rings (SSSR count). The van der Waals surface area contributed by atoms with E-state index in [9.17, 15) is 8.42 Å². The van der Waals surface area contributed by atoms with Crippen LogP contribution in [0.4, 0.5) is 5.69 Å². The van der Waals surface area contributed by atoms with Crippen LogP contribution in [0.5, 0.6) is 0 Å². The largest absolute Gasteiger partial charge is 0.313 e. The molecule has 0 unspecified atom stereocenters. The first-order valence-corrected chi connectivity index (χ1v) is 8.56. The molecule has 0 aliphatic carbocycles. The molecule has 2 aromatic rings. The summed E-state index contributed by atoms with van der Waals surface area (Å²) in [5.74, 6) is 0.0614. The Labute approximate surface area is 117 Å². The summed E-state index contributed by atoms with van der Waals surface area (Å²) in [7, 11) is -3.31. The average Bonchev–Trinajstić information content (AvgIpc) is 2.74. The number of aromatic nitrogens is 1. The van der Waals surface area contributed by atoms with Crippen molar-refractivity contribution >= 4 is 37.3 Å². The minimum atomic E-state index is -3.31. The van der Waals surface area contributed by atoms with Gasteiger partial charge in [0.05, 0.1) is 27.2 Å². The Balaban J connectivity index is 2.02. The summed E-state index contributed by atoms with van der Waals surface area (Å²) >= 11 is 1.49. The summed E-state index contributed by atoms with van der Waals surface area (Å²) in [5.41, 5.74) is 3.21. The van der Waals surface area contributed by atoms with E-state index in [4.69, 9.17) is 0 Å². The van der Waals surface area contributed by atoms with E-state index >= 15 is 0 Å². The zero-order valence-electron chi connectivity index (χ0n) is 10.9. The fraction of sp³-hybridized carbons (Fsp3) is 0.417. The molecule has 104 valence electrons. The smallest absolute Gasteiger partial charge is 0.233 e. The minimum absolute atomic E-state index is 0.0614. The standard InChI is InChI=1S/C12H17N3O2S2/c1-9(2)13-5-6-19(16,17)15-10-3-4-11-12(7-10)18-8-14-11/h3-4,7-9,13,15H,5-6H2,1-2H3. The number of fused-ring (bicyclic) bond motifs is 1. The Morgan fingerprint density at radius 1 is 1.37 bits per heavy atom. The van der Waals surface area contributed by atoms with Crippen molar-refractivity contribution in [1.82, 2.24) is 10.3 Å². The van der Waals surface area contributed by atoms with Gasteiger partial charge in [-0.3, -0.25) is 4.72 Å². The topological polar surface area (TPSA) is 71.1 Å². The molecule has 0 spiro atoms. The summed E-state index contributed by atoms with van der Waals surface area (Å²) in [5, 5.41) is 3.09. The quantitative estimate of drug-likeness (QED) is 0.856. The van der Waals surface area contributed by atoms with Gasteiger partial charge in [-0.1, -0.05) is 13.8 Å². The fourth-order valence-electron chi connectivity index (χ4n) is 1.63. The van der Waals surface area contributed by atoms with Crippen molar-refractivity contribution in [2.75, 3.05) is 17.0 Å². The van der Waals surface area contributed by atoms with Gasteiger partial charge in [0.25, 0.3) is 0 Å². The summed E-state index contributed by atoms with van der Waals surface area (Å²) in [6.07, 6.45) is 0. The Bertz CT molecular complexity index is 650. The maximum atomic E-state index is 11.9. The van der Waals surface area contributed by atoms with Crippen molar-refractivity contribution in [3.05, 3.63) is 23.7 Å². The van der Waals surface area contributed by atoms with Crippen LogP contribution in [0, 0.1) is 0 Å². The number of rotatable bonds is 6. The second kappa shape index (κ2) is 5.85. The molecule has 0 saturated heterocycles. The minimum Gasteiger partial charge on any atom is -0.313 e. The SMILES string of the molecule is CC(C)NCCS(=O)(=O)Nc1ccc2ncsc2c1. The zero-order chi connectivity index (χ0) is 13.9. The predicted octanol–water partition coefficient (Wildman–Crippen LogP) is 2.04. The number of nitrogens with zero attached hydrogens (tertiary/aromatic N) is 1. The average molecular weight is 299 g/mol. The molecule has 0 fully saturated rings. The maximum Gasteiger partial charge on any atom is 0.233 e. The predicted molar refractivity (Wildman–Crippen MR) is 80.2 cm³/mol. The molecular formula is C12H17N3O2S2. The molecule has 7 heteroatoms. The van der Waals surface area contributed by atoms with Crippen molar-refractivity contribution < 1.29 is 8.42 Å². The third-order valence-electron chi connectivity index (χ3n) is 2.53. The number of hydrogen-bond donors (Lipinski definition) is 2. The van der Waals surface area contributed by atoms with Crippen LogP contribution in [0.2, 0.25) is 0 Å². The second-order valence-electron chi connectivity index (χ2n) is 4.56. The number of nitrogens with one attached hydrogen (secondary N) is 2. The first-order chi connectivity index (χ1) is 8.96. The summed E-state index contributed by atoms with van der Waals surface area (Å²) in [6.45, 7) is 4.41. The first kappa shape index (κ1) is 14.2. The van der Waals surface area contributed by atoms with Crippen molar-refractivity contribution in [1.29, 1.82) is 0 Å². The van der Waals surface area contributed by atoms with E-state index in [1.165, 1.54) is 11.3 Å². The van der Waals surface area contributed by atoms with Gasteiger partial charge in [0.2, 0.25) is 10.0 Å². The lowest BCUT2D eigenvalue weighted by molar-refractivity contribution is 0.582. The molecule has 0 aliphatic rings. The van der Waals surface area contributed by atoms with Crippen LogP contribution in [0.25, 0.3) is 10.2 Å². The highest BCUT2D eigenvalue weighted by Crippen LogP contribution is 2.22. The molecule has 0 atom stereocenters. The lowest BCUT2D eigenvalue weighted by atomic mass is 10.3. The van der Waals surface area contributed by atoms with E-state index in [2.05, 4.69) is 15.0 Å². The van der Waals surface area contributed by atoms with Crippen LogP contribution in [-0.2, 0) is 10.0 Å². The van der Waals surface area contributed by atoms with E-state index in [0.717, 1.165) is 10.2 Å². The fourth-order valence-corrected chi connectivity index (χ4v) is 3.32. The van der Waals surface area contributed by atoms with E-state index in [1.54, 1.807) is 17.6 Å². The third-order valence-corrected chi connectivity index (χ3v) is 4.61. The van der Waals surface area contributed by atoms with Gasteiger partial charge in [-0.05, 0) is 18.2 Å². The molecule has 0 aliphatic heterocycles. The van der Waals surface area contributed by atoms with Gasteiger partial charge in [0.15, 0.2) is 0 Å². The summed E-state index contributed by atoms with van der Waals surface area (Å²) in [6, 6.07) is 5.63. The molecule has 1 aromatic carbocycles. The van der Waals surface area contributed by atoms with Crippen molar-refractivity contribution in [2.24, 2.45) is 0 Å². The lowest BCUT2D eigenvalue weighted by Gasteiger charge is -2.10. The highest BCUT2D eigenvalue weighted by Gasteiger charge is 2.11. The Kier molecular flexibility index (Phi) is 4.38. The van der Waals surface area contributed by atoms with Gasteiger partial charge >= 0.3 is 0 Å². The van der Waals surface area contributed by atoms with Crippen LogP contribution in [0.15, 0.2) is 23.7 Å². The van der Waals surface area contributed by atoms with Gasteiger partial charge in [-0.25, -0.2) is 13.4 Å². The lowest BCUT2D eigenvalue weighted by Crippen LogP contribution is -2.30. The maximum absolute atomic E-state index is 11.9. The van der Waals surface area contributed by atoms with Gasteiger partial charge < -0.3 is 5.32 Å². The number of anilines is 1. The highest BCUT2D eigenvalue weighted by molar-refractivity contribution is 7.92. The summed E-state index contributed by atoms with van der Waals surface area (Å²) < 4.78 is 27.3. The molecule has 0 radical (unpaired) electrons.